The zero-order valence-electron chi connectivity index (χ0n) is 20.0. The summed E-state index contributed by atoms with van der Waals surface area (Å²) >= 11 is 1.18. The molecule has 3 atom stereocenters. The molecule has 1 aromatic carbocycles. The number of carbonyl (C=O) groups excluding carboxylic acids is 1. The Morgan fingerprint density at radius 3 is 2.65 bits per heavy atom. The van der Waals surface area contributed by atoms with Gasteiger partial charge in [0, 0.05) is 24.7 Å². The fourth-order valence-corrected chi connectivity index (χ4v) is 6.65. The molecule has 0 unspecified atom stereocenters. The number of oxime groups is 1. The number of methoxy groups -OCH3 is 1. The number of hydrogen-bond donors (Lipinski definition) is 2. The first-order valence-corrected chi connectivity index (χ1v) is 14.2. The van der Waals surface area contributed by atoms with Gasteiger partial charge in [-0.2, -0.15) is 0 Å². The van der Waals surface area contributed by atoms with E-state index in [1.807, 2.05) is 0 Å². The van der Waals surface area contributed by atoms with E-state index in [-0.39, 0.29) is 23.3 Å². The van der Waals surface area contributed by atoms with E-state index in [1.165, 1.54) is 42.7 Å². The first kappa shape index (κ1) is 25.5. The number of benzene rings is 1. The Kier molecular flexibility index (Phi) is 7.38. The summed E-state index contributed by atoms with van der Waals surface area (Å²) in [5, 5.41) is 16.4. The zero-order valence-corrected chi connectivity index (χ0v) is 21.6. The quantitative estimate of drug-likeness (QED) is 0.321. The van der Waals surface area contributed by atoms with Crippen LogP contribution in [0, 0.1) is 0 Å². The van der Waals surface area contributed by atoms with Crippen LogP contribution in [-0.4, -0.2) is 72.9 Å². The van der Waals surface area contributed by atoms with Crippen LogP contribution < -0.4 is 10.1 Å². The first-order valence-electron chi connectivity index (χ1n) is 11.8. The molecule has 37 heavy (non-hydrogen) atoms. The lowest BCUT2D eigenvalue weighted by molar-refractivity contribution is -0.110. The molecule has 196 valence electrons. The molecular formula is C24H26N4O7S2. The van der Waals surface area contributed by atoms with Crippen molar-refractivity contribution in [2.45, 2.75) is 48.0 Å². The van der Waals surface area contributed by atoms with Gasteiger partial charge in [0.15, 0.2) is 20.7 Å². The molecule has 13 heteroatoms. The van der Waals surface area contributed by atoms with Crippen molar-refractivity contribution >= 4 is 48.3 Å². The number of nitrogens with zero attached hydrogens (tertiary/aromatic N) is 3. The number of carbonyl (C=O) groups is 1. The molecule has 2 N–H and O–H groups in total. The molecule has 1 aliphatic carbocycles. The van der Waals surface area contributed by atoms with E-state index in [9.17, 15) is 18.3 Å². The molecule has 3 aromatic rings. The third-order valence-electron chi connectivity index (χ3n) is 6.31. The average Bonchev–Trinajstić information content (AvgIpc) is 3.65. The number of aliphatic hydroxyl groups is 1. The summed E-state index contributed by atoms with van der Waals surface area (Å²) in [6.45, 7) is 0.587. The Hall–Kier alpha value is -3.13. The maximum atomic E-state index is 13.3. The predicted octanol–water partition coefficient (Wildman–Crippen LogP) is 2.54. The minimum absolute atomic E-state index is 0.0423. The van der Waals surface area contributed by atoms with Crippen molar-refractivity contribution in [2.24, 2.45) is 5.16 Å². The third-order valence-corrected chi connectivity index (χ3v) is 9.37. The zero-order chi connectivity index (χ0) is 26.0. The maximum absolute atomic E-state index is 13.3. The summed E-state index contributed by atoms with van der Waals surface area (Å²) in [6.07, 6.45) is 1.30. The number of hydrogen-bond acceptors (Lipinski definition) is 11. The van der Waals surface area contributed by atoms with Crippen LogP contribution in [0.2, 0.25) is 0 Å². The van der Waals surface area contributed by atoms with Gasteiger partial charge in [-0.3, -0.25) is 10.1 Å². The molecule has 11 nitrogen and oxygen atoms in total. The lowest BCUT2D eigenvalue weighted by Gasteiger charge is -2.12. The van der Waals surface area contributed by atoms with Crippen LogP contribution in [0.3, 0.4) is 0 Å². The van der Waals surface area contributed by atoms with Crippen molar-refractivity contribution in [2.75, 3.05) is 25.6 Å². The number of aromatic nitrogens is 2. The van der Waals surface area contributed by atoms with Crippen molar-refractivity contribution in [3.8, 4) is 5.88 Å². The Labute approximate surface area is 217 Å². The largest absolute Gasteiger partial charge is 0.481 e. The van der Waals surface area contributed by atoms with Gasteiger partial charge in [-0.1, -0.05) is 28.6 Å². The molecule has 0 radical (unpaired) electrons. The number of ether oxygens (including phenoxy) is 2. The van der Waals surface area contributed by atoms with Gasteiger partial charge in [-0.25, -0.2) is 18.4 Å². The molecule has 1 saturated heterocycles. The third kappa shape index (κ3) is 5.59. The van der Waals surface area contributed by atoms with E-state index >= 15 is 0 Å². The number of anilines is 1. The molecule has 0 spiro atoms. The summed E-state index contributed by atoms with van der Waals surface area (Å²) in [6, 6.07) is 9.39. The second kappa shape index (κ2) is 10.7. The molecule has 1 amide bonds. The topological polar surface area (TPSA) is 149 Å². The number of nitrogens with one attached hydrogen (secondary N) is 1. The van der Waals surface area contributed by atoms with Gasteiger partial charge < -0.3 is 19.4 Å². The molecular weight excluding hydrogens is 520 g/mol. The highest BCUT2D eigenvalue weighted by atomic mass is 32.2. The highest BCUT2D eigenvalue weighted by Crippen LogP contribution is 2.27. The van der Waals surface area contributed by atoms with Crippen molar-refractivity contribution in [3.05, 3.63) is 42.0 Å². The van der Waals surface area contributed by atoms with Gasteiger partial charge in [0.25, 0.3) is 5.91 Å². The summed E-state index contributed by atoms with van der Waals surface area (Å²) in [7, 11) is -2.04. The van der Waals surface area contributed by atoms with Crippen molar-refractivity contribution in [3.63, 3.8) is 0 Å². The van der Waals surface area contributed by atoms with E-state index in [4.69, 9.17) is 14.3 Å². The predicted molar refractivity (Wildman–Crippen MR) is 137 cm³/mol. The average molecular weight is 547 g/mol. The number of thiazole rings is 1. The van der Waals surface area contributed by atoms with Crippen LogP contribution >= 0.6 is 11.3 Å². The number of aliphatic hydroxyl groups excluding tert-OH is 1. The van der Waals surface area contributed by atoms with Gasteiger partial charge in [0.05, 0.1) is 30.0 Å². The van der Waals surface area contributed by atoms with Crippen molar-refractivity contribution in [1.29, 1.82) is 0 Å². The standard InChI is InChI=1S/C24H26N4O7S2/c1-33-20-9-8-19-23(26-20)36-24(25-19)27-22(30)21(28-35-16-5-4-15(29)12-16)14-2-6-17(7-3-14)37(31,32)18-10-11-34-13-18/h2-3,6-9,15-16,18,29H,4-5,10-13H2,1H3,(H,25,27,30)/b28-21+/t15-,16-,18+/m1/s1. The van der Waals surface area contributed by atoms with Crippen molar-refractivity contribution < 1.29 is 32.6 Å². The number of pyridine rings is 1. The minimum atomic E-state index is -3.55. The Balaban J connectivity index is 1.40. The molecule has 1 aliphatic heterocycles. The van der Waals surface area contributed by atoms with E-state index in [0.717, 1.165) is 0 Å². The number of sulfone groups is 1. The van der Waals surface area contributed by atoms with Crippen LogP contribution in [0.25, 0.3) is 10.3 Å². The van der Waals surface area contributed by atoms with E-state index in [1.54, 1.807) is 12.1 Å². The normalized spacial score (nSPS) is 22.3. The second-order valence-electron chi connectivity index (χ2n) is 8.84. The summed E-state index contributed by atoms with van der Waals surface area (Å²) in [5.41, 5.74) is 0.930. The van der Waals surface area contributed by atoms with E-state index in [2.05, 4.69) is 20.4 Å². The molecule has 2 fully saturated rings. The number of rotatable bonds is 8. The fourth-order valence-electron chi connectivity index (χ4n) is 4.24. The Morgan fingerprint density at radius 1 is 1.16 bits per heavy atom. The molecule has 5 rings (SSSR count). The SMILES string of the molecule is COc1ccc2nc(NC(=O)/C(=N/O[C@@H]3CC[C@@H](O)C3)c3ccc(S(=O)(=O)[C@H]4CCOC4)cc3)sc2n1. The Bertz CT molecular complexity index is 1420. The number of fused-ring (bicyclic) bond motifs is 1. The first-order chi connectivity index (χ1) is 17.8. The molecule has 0 bridgehead atoms. The van der Waals surface area contributed by atoms with Crippen LogP contribution in [0.15, 0.2) is 46.4 Å². The van der Waals surface area contributed by atoms with Crippen LogP contribution in [-0.2, 0) is 24.2 Å². The summed E-state index contributed by atoms with van der Waals surface area (Å²) in [5.74, 6) is -0.146. The van der Waals surface area contributed by atoms with Crippen LogP contribution in [0.4, 0.5) is 5.13 Å². The molecule has 2 aromatic heterocycles. The smallest absolute Gasteiger partial charge is 0.280 e. The van der Waals surface area contributed by atoms with Gasteiger partial charge in [0.2, 0.25) is 5.88 Å². The molecule has 1 saturated carbocycles. The summed E-state index contributed by atoms with van der Waals surface area (Å²) < 4.78 is 36.2. The van der Waals surface area contributed by atoms with E-state index < -0.39 is 27.1 Å². The molecule has 3 heterocycles. The number of amides is 1. The van der Waals surface area contributed by atoms with E-state index in [0.29, 0.717) is 59.2 Å². The monoisotopic (exact) mass is 546 g/mol. The van der Waals surface area contributed by atoms with Crippen LogP contribution in [0.5, 0.6) is 5.88 Å². The van der Waals surface area contributed by atoms with Gasteiger partial charge in [-0.15, -0.1) is 0 Å². The highest BCUT2D eigenvalue weighted by molar-refractivity contribution is 7.92. The van der Waals surface area contributed by atoms with Gasteiger partial charge in [0.1, 0.15) is 16.5 Å². The maximum Gasteiger partial charge on any atom is 0.280 e. The minimum Gasteiger partial charge on any atom is -0.481 e. The molecule has 2 aliphatic rings. The summed E-state index contributed by atoms with van der Waals surface area (Å²) in [4.78, 5) is 28.3. The highest BCUT2D eigenvalue weighted by Gasteiger charge is 2.31. The fraction of sp³-hybridized carbons (Fsp3) is 0.417. The van der Waals surface area contributed by atoms with Crippen LogP contribution in [0.1, 0.15) is 31.2 Å². The van der Waals surface area contributed by atoms with Gasteiger partial charge >= 0.3 is 0 Å². The van der Waals surface area contributed by atoms with Gasteiger partial charge in [-0.05, 0) is 37.5 Å². The second-order valence-corrected chi connectivity index (χ2v) is 12.0. The van der Waals surface area contributed by atoms with Crippen molar-refractivity contribution in [1.82, 2.24) is 9.97 Å². The Morgan fingerprint density at radius 2 is 1.97 bits per heavy atom. The lowest BCUT2D eigenvalue weighted by atomic mass is 10.1. The lowest BCUT2D eigenvalue weighted by Crippen LogP contribution is -2.25.